The zero-order valence-corrected chi connectivity index (χ0v) is 12.0. The molecule has 19 heavy (non-hydrogen) atoms. The van der Waals surface area contributed by atoms with Gasteiger partial charge in [-0.05, 0) is 30.7 Å². The standard InChI is InChI=1S/C15H18N2OS/c1-3-4-11(2)14(18)17-13-7-5-12(6-8-13)15-16-9-10-19-15/h5-11H,3-4H2,1-2H3,(H,17,18). The number of carbonyl (C=O) groups is 1. The summed E-state index contributed by atoms with van der Waals surface area (Å²) >= 11 is 1.61. The van der Waals surface area contributed by atoms with Crippen LogP contribution in [0.5, 0.6) is 0 Å². The molecule has 100 valence electrons. The zero-order chi connectivity index (χ0) is 13.7. The quantitative estimate of drug-likeness (QED) is 0.888. The number of hydrogen-bond acceptors (Lipinski definition) is 3. The molecule has 0 aliphatic carbocycles. The molecule has 2 aromatic rings. The summed E-state index contributed by atoms with van der Waals surface area (Å²) in [6.07, 6.45) is 3.74. The number of rotatable bonds is 5. The largest absolute Gasteiger partial charge is 0.326 e. The van der Waals surface area contributed by atoms with E-state index in [9.17, 15) is 4.79 Å². The van der Waals surface area contributed by atoms with Crippen LogP contribution < -0.4 is 5.32 Å². The van der Waals surface area contributed by atoms with Crippen molar-refractivity contribution >= 4 is 22.9 Å². The molecule has 3 nitrogen and oxygen atoms in total. The van der Waals surface area contributed by atoms with Crippen molar-refractivity contribution in [1.29, 1.82) is 0 Å². The summed E-state index contributed by atoms with van der Waals surface area (Å²) in [6, 6.07) is 7.82. The highest BCUT2D eigenvalue weighted by molar-refractivity contribution is 7.13. The first-order valence-corrected chi connectivity index (χ1v) is 7.39. The third-order valence-electron chi connectivity index (χ3n) is 3.00. The van der Waals surface area contributed by atoms with Crippen LogP contribution in [-0.4, -0.2) is 10.9 Å². The fourth-order valence-electron chi connectivity index (χ4n) is 1.89. The summed E-state index contributed by atoms with van der Waals surface area (Å²) in [7, 11) is 0. The van der Waals surface area contributed by atoms with Gasteiger partial charge in [0.05, 0.1) is 0 Å². The maximum absolute atomic E-state index is 11.9. The summed E-state index contributed by atoms with van der Waals surface area (Å²) < 4.78 is 0. The summed E-state index contributed by atoms with van der Waals surface area (Å²) in [5.74, 6) is 0.146. The highest BCUT2D eigenvalue weighted by atomic mass is 32.1. The van der Waals surface area contributed by atoms with Crippen molar-refractivity contribution in [3.63, 3.8) is 0 Å². The van der Waals surface area contributed by atoms with E-state index in [0.29, 0.717) is 0 Å². The molecule has 0 saturated heterocycles. The molecule has 1 unspecified atom stereocenters. The third kappa shape index (κ3) is 3.64. The average molecular weight is 274 g/mol. The van der Waals surface area contributed by atoms with Crippen LogP contribution in [-0.2, 0) is 4.79 Å². The van der Waals surface area contributed by atoms with Gasteiger partial charge in [-0.15, -0.1) is 11.3 Å². The van der Waals surface area contributed by atoms with Gasteiger partial charge in [0, 0.05) is 28.7 Å². The number of benzene rings is 1. The fourth-order valence-corrected chi connectivity index (χ4v) is 2.54. The van der Waals surface area contributed by atoms with Gasteiger partial charge < -0.3 is 5.32 Å². The highest BCUT2D eigenvalue weighted by Crippen LogP contribution is 2.23. The van der Waals surface area contributed by atoms with Crippen LogP contribution in [0.15, 0.2) is 35.8 Å². The Balaban J connectivity index is 2.01. The minimum atomic E-state index is 0.0589. The number of aromatic nitrogens is 1. The molecule has 1 aromatic carbocycles. The van der Waals surface area contributed by atoms with E-state index < -0.39 is 0 Å². The molecular formula is C15H18N2OS. The van der Waals surface area contributed by atoms with Crippen LogP contribution in [0.4, 0.5) is 5.69 Å². The summed E-state index contributed by atoms with van der Waals surface area (Å²) in [4.78, 5) is 16.2. The second-order valence-electron chi connectivity index (χ2n) is 4.59. The number of anilines is 1. The van der Waals surface area contributed by atoms with E-state index in [4.69, 9.17) is 0 Å². The van der Waals surface area contributed by atoms with Gasteiger partial charge >= 0.3 is 0 Å². The smallest absolute Gasteiger partial charge is 0.227 e. The van der Waals surface area contributed by atoms with Gasteiger partial charge in [-0.2, -0.15) is 0 Å². The van der Waals surface area contributed by atoms with Gasteiger partial charge in [0.2, 0.25) is 5.91 Å². The first kappa shape index (κ1) is 13.7. The number of thiazole rings is 1. The Bertz CT molecular complexity index is 520. The van der Waals surface area contributed by atoms with Crippen LogP contribution in [0.25, 0.3) is 10.6 Å². The van der Waals surface area contributed by atoms with E-state index in [0.717, 1.165) is 29.1 Å². The Labute approximate surface area is 117 Å². The zero-order valence-electron chi connectivity index (χ0n) is 11.2. The van der Waals surface area contributed by atoms with Crippen LogP contribution in [0.3, 0.4) is 0 Å². The van der Waals surface area contributed by atoms with E-state index in [1.165, 1.54) is 0 Å². The van der Waals surface area contributed by atoms with Gasteiger partial charge in [0.1, 0.15) is 5.01 Å². The molecule has 4 heteroatoms. The average Bonchev–Trinajstić information content (AvgIpc) is 2.94. The van der Waals surface area contributed by atoms with E-state index in [1.807, 2.05) is 36.6 Å². The lowest BCUT2D eigenvalue weighted by atomic mass is 10.1. The highest BCUT2D eigenvalue weighted by Gasteiger charge is 2.11. The predicted molar refractivity (Wildman–Crippen MR) is 80.3 cm³/mol. The topological polar surface area (TPSA) is 42.0 Å². The molecule has 1 amide bonds. The molecule has 1 heterocycles. The summed E-state index contributed by atoms with van der Waals surface area (Å²) in [5.41, 5.74) is 1.92. The molecule has 0 fully saturated rings. The maximum atomic E-state index is 11.9. The van der Waals surface area contributed by atoms with E-state index in [-0.39, 0.29) is 11.8 Å². The minimum absolute atomic E-state index is 0.0589. The van der Waals surface area contributed by atoms with Crippen molar-refractivity contribution in [1.82, 2.24) is 4.98 Å². The Morgan fingerprint density at radius 3 is 2.68 bits per heavy atom. The molecule has 1 aromatic heterocycles. The molecule has 0 saturated carbocycles. The Morgan fingerprint density at radius 2 is 2.11 bits per heavy atom. The number of nitrogens with one attached hydrogen (secondary N) is 1. The Hall–Kier alpha value is -1.68. The van der Waals surface area contributed by atoms with Crippen molar-refractivity contribution < 1.29 is 4.79 Å². The number of nitrogens with zero attached hydrogens (tertiary/aromatic N) is 1. The molecule has 0 aliphatic rings. The molecular weight excluding hydrogens is 256 g/mol. The third-order valence-corrected chi connectivity index (χ3v) is 3.82. The van der Waals surface area contributed by atoms with Gasteiger partial charge in [-0.1, -0.05) is 20.3 Å². The van der Waals surface area contributed by atoms with Crippen LogP contribution in [0.2, 0.25) is 0 Å². The summed E-state index contributed by atoms with van der Waals surface area (Å²) in [6.45, 7) is 4.05. The Kier molecular flexibility index (Phi) is 4.68. The van der Waals surface area contributed by atoms with E-state index >= 15 is 0 Å². The lowest BCUT2D eigenvalue weighted by Gasteiger charge is -2.11. The molecule has 0 bridgehead atoms. The molecule has 2 rings (SSSR count). The van der Waals surface area contributed by atoms with Crippen LogP contribution in [0, 0.1) is 5.92 Å². The lowest BCUT2D eigenvalue weighted by Crippen LogP contribution is -2.20. The molecule has 0 radical (unpaired) electrons. The van der Waals surface area contributed by atoms with Gasteiger partial charge in [-0.3, -0.25) is 4.79 Å². The van der Waals surface area contributed by atoms with Gasteiger partial charge in [0.15, 0.2) is 0 Å². The van der Waals surface area contributed by atoms with Crippen molar-refractivity contribution in [2.75, 3.05) is 5.32 Å². The lowest BCUT2D eigenvalue weighted by molar-refractivity contribution is -0.119. The first-order chi connectivity index (χ1) is 9.20. The van der Waals surface area contributed by atoms with E-state index in [1.54, 1.807) is 17.5 Å². The second kappa shape index (κ2) is 6.48. The monoisotopic (exact) mass is 274 g/mol. The van der Waals surface area contributed by atoms with Crippen molar-refractivity contribution in [3.05, 3.63) is 35.8 Å². The number of amides is 1. The molecule has 1 atom stereocenters. The molecule has 0 aliphatic heterocycles. The number of carbonyl (C=O) groups excluding carboxylic acids is 1. The first-order valence-electron chi connectivity index (χ1n) is 6.51. The second-order valence-corrected chi connectivity index (χ2v) is 5.49. The van der Waals surface area contributed by atoms with Gasteiger partial charge in [0.25, 0.3) is 0 Å². The van der Waals surface area contributed by atoms with Gasteiger partial charge in [-0.25, -0.2) is 4.98 Å². The SMILES string of the molecule is CCCC(C)C(=O)Nc1ccc(-c2nccs2)cc1. The van der Waals surface area contributed by atoms with Crippen LogP contribution >= 0.6 is 11.3 Å². The number of hydrogen-bond donors (Lipinski definition) is 1. The predicted octanol–water partition coefficient (Wildman–Crippen LogP) is 4.18. The van der Waals surface area contributed by atoms with Crippen molar-refractivity contribution in [2.24, 2.45) is 5.92 Å². The Morgan fingerprint density at radius 1 is 1.37 bits per heavy atom. The molecule has 0 spiro atoms. The fraction of sp³-hybridized carbons (Fsp3) is 0.333. The van der Waals surface area contributed by atoms with Crippen molar-refractivity contribution in [3.8, 4) is 10.6 Å². The molecule has 1 N–H and O–H groups in total. The minimum Gasteiger partial charge on any atom is -0.326 e. The normalized spacial score (nSPS) is 12.1. The van der Waals surface area contributed by atoms with Crippen LogP contribution in [0.1, 0.15) is 26.7 Å². The van der Waals surface area contributed by atoms with E-state index in [2.05, 4.69) is 17.2 Å². The summed E-state index contributed by atoms with van der Waals surface area (Å²) in [5, 5.41) is 5.90. The van der Waals surface area contributed by atoms with Crippen molar-refractivity contribution in [2.45, 2.75) is 26.7 Å². The maximum Gasteiger partial charge on any atom is 0.227 e.